The number of aromatic hydroxyl groups is 1. The largest absolute Gasteiger partial charge is 0.508 e. The molecule has 1 unspecified atom stereocenters. The maximum atomic E-state index is 12.7. The van der Waals surface area contributed by atoms with E-state index in [-0.39, 0.29) is 17.6 Å². The molecule has 1 fully saturated rings. The summed E-state index contributed by atoms with van der Waals surface area (Å²) in [5, 5.41) is 10.3. The Hall–Kier alpha value is -2.33. The lowest BCUT2D eigenvalue weighted by Gasteiger charge is -2.29. The van der Waals surface area contributed by atoms with Crippen LogP contribution in [-0.4, -0.2) is 42.2 Å². The number of carbonyl (C=O) groups is 1. The number of hydrogen-bond acceptors (Lipinski definition) is 3. The summed E-state index contributed by atoms with van der Waals surface area (Å²) in [5.74, 6) is 0.193. The van der Waals surface area contributed by atoms with Crippen LogP contribution in [0.3, 0.4) is 0 Å². The van der Waals surface area contributed by atoms with Crippen molar-refractivity contribution in [3.63, 3.8) is 0 Å². The minimum absolute atomic E-state index is 0.105. The van der Waals surface area contributed by atoms with E-state index in [9.17, 15) is 9.90 Å². The first-order valence-corrected chi connectivity index (χ1v) is 8.35. The highest BCUT2D eigenvalue weighted by Gasteiger charge is 2.25. The van der Waals surface area contributed by atoms with Crippen molar-refractivity contribution in [1.82, 2.24) is 4.90 Å². The molecule has 0 bridgehead atoms. The molecule has 1 saturated heterocycles. The maximum absolute atomic E-state index is 12.7. The minimum Gasteiger partial charge on any atom is -0.508 e. The van der Waals surface area contributed by atoms with E-state index in [2.05, 4.69) is 0 Å². The lowest BCUT2D eigenvalue weighted by Crippen LogP contribution is -2.41. The Labute approximate surface area is 142 Å². The number of benzene rings is 2. The first-order chi connectivity index (χ1) is 11.6. The smallest absolute Gasteiger partial charge is 0.223 e. The van der Waals surface area contributed by atoms with Crippen LogP contribution < -0.4 is 0 Å². The minimum atomic E-state index is -0.151. The number of aryl methyl sites for hydroxylation is 1. The molecular weight excluding hydrogens is 302 g/mol. The third-order valence-electron chi connectivity index (χ3n) is 4.50. The van der Waals surface area contributed by atoms with E-state index in [0.29, 0.717) is 32.7 Å². The van der Waals surface area contributed by atoms with Gasteiger partial charge in [-0.3, -0.25) is 4.79 Å². The summed E-state index contributed by atoms with van der Waals surface area (Å²) in [6.07, 6.45) is 0.348. The number of nitrogens with zero attached hydrogens (tertiary/aromatic N) is 1. The Kier molecular flexibility index (Phi) is 5.16. The molecule has 1 N–H and O–H groups in total. The van der Waals surface area contributed by atoms with Crippen molar-refractivity contribution in [2.24, 2.45) is 0 Å². The molecule has 1 aliphatic rings. The zero-order valence-corrected chi connectivity index (χ0v) is 13.9. The van der Waals surface area contributed by atoms with Crippen LogP contribution >= 0.6 is 0 Å². The fourth-order valence-corrected chi connectivity index (χ4v) is 3.16. The number of amides is 1. The van der Waals surface area contributed by atoms with Crippen LogP contribution in [0.4, 0.5) is 0 Å². The number of morpholine rings is 1. The van der Waals surface area contributed by atoms with Gasteiger partial charge in [-0.1, -0.05) is 48.0 Å². The van der Waals surface area contributed by atoms with Crippen molar-refractivity contribution in [2.75, 3.05) is 26.3 Å². The average Bonchev–Trinajstić information content (AvgIpc) is 2.63. The number of ether oxygens (including phenoxy) is 1. The standard InChI is InChI=1S/C20H23NO3/c1-15-7-8-19(22)18(13-15)17(16-5-3-2-4-6-16)14-20(23)21-9-11-24-12-10-21/h2-8,13,17,22H,9-12,14H2,1H3. The number of phenols is 1. The van der Waals surface area contributed by atoms with Crippen molar-refractivity contribution in [3.05, 3.63) is 65.2 Å². The highest BCUT2D eigenvalue weighted by molar-refractivity contribution is 5.78. The molecule has 1 heterocycles. The summed E-state index contributed by atoms with van der Waals surface area (Å²) < 4.78 is 5.33. The van der Waals surface area contributed by atoms with E-state index in [4.69, 9.17) is 4.74 Å². The molecule has 126 valence electrons. The Balaban J connectivity index is 1.90. The number of carbonyl (C=O) groups excluding carboxylic acids is 1. The fourth-order valence-electron chi connectivity index (χ4n) is 3.16. The third kappa shape index (κ3) is 3.77. The number of rotatable bonds is 4. The second kappa shape index (κ2) is 7.49. The topological polar surface area (TPSA) is 49.8 Å². The second-order valence-electron chi connectivity index (χ2n) is 6.22. The van der Waals surface area contributed by atoms with Gasteiger partial charge in [-0.2, -0.15) is 0 Å². The number of hydrogen-bond donors (Lipinski definition) is 1. The van der Waals surface area contributed by atoms with Gasteiger partial charge in [0.1, 0.15) is 5.75 Å². The molecular formula is C20H23NO3. The van der Waals surface area contributed by atoms with Crippen LogP contribution in [0, 0.1) is 6.92 Å². The van der Waals surface area contributed by atoms with Gasteiger partial charge < -0.3 is 14.7 Å². The van der Waals surface area contributed by atoms with Crippen LogP contribution in [0.25, 0.3) is 0 Å². The van der Waals surface area contributed by atoms with Gasteiger partial charge in [0.05, 0.1) is 13.2 Å². The van der Waals surface area contributed by atoms with Crippen molar-refractivity contribution in [1.29, 1.82) is 0 Å². The zero-order chi connectivity index (χ0) is 16.9. The average molecular weight is 325 g/mol. The molecule has 4 nitrogen and oxygen atoms in total. The van der Waals surface area contributed by atoms with E-state index in [1.165, 1.54) is 0 Å². The Morgan fingerprint density at radius 1 is 1.17 bits per heavy atom. The molecule has 3 rings (SSSR count). The van der Waals surface area contributed by atoms with Crippen LogP contribution in [-0.2, 0) is 9.53 Å². The predicted molar refractivity (Wildman–Crippen MR) is 93.1 cm³/mol. The summed E-state index contributed by atoms with van der Waals surface area (Å²) in [5.41, 5.74) is 2.92. The lowest BCUT2D eigenvalue weighted by atomic mass is 9.86. The maximum Gasteiger partial charge on any atom is 0.223 e. The molecule has 24 heavy (non-hydrogen) atoms. The van der Waals surface area contributed by atoms with Gasteiger partial charge in [-0.15, -0.1) is 0 Å². The van der Waals surface area contributed by atoms with Gasteiger partial charge in [-0.25, -0.2) is 0 Å². The van der Waals surface area contributed by atoms with Crippen molar-refractivity contribution in [3.8, 4) is 5.75 Å². The van der Waals surface area contributed by atoms with E-state index >= 15 is 0 Å². The van der Waals surface area contributed by atoms with Crippen LogP contribution in [0.1, 0.15) is 29.0 Å². The molecule has 0 radical (unpaired) electrons. The summed E-state index contributed by atoms with van der Waals surface area (Å²) in [7, 11) is 0. The molecule has 1 atom stereocenters. The van der Waals surface area contributed by atoms with Crippen molar-refractivity contribution in [2.45, 2.75) is 19.3 Å². The van der Waals surface area contributed by atoms with Crippen LogP contribution in [0.15, 0.2) is 48.5 Å². The highest BCUT2D eigenvalue weighted by Crippen LogP contribution is 2.35. The van der Waals surface area contributed by atoms with E-state index < -0.39 is 0 Å². The van der Waals surface area contributed by atoms with Crippen LogP contribution in [0.5, 0.6) is 5.75 Å². The molecule has 0 aromatic heterocycles. The zero-order valence-electron chi connectivity index (χ0n) is 13.9. The van der Waals surface area contributed by atoms with Gasteiger partial charge in [0.2, 0.25) is 5.91 Å². The van der Waals surface area contributed by atoms with Crippen LogP contribution in [0.2, 0.25) is 0 Å². The summed E-state index contributed by atoms with van der Waals surface area (Å²) in [4.78, 5) is 14.6. The highest BCUT2D eigenvalue weighted by atomic mass is 16.5. The summed E-state index contributed by atoms with van der Waals surface area (Å²) >= 11 is 0. The molecule has 1 amide bonds. The van der Waals surface area contributed by atoms with Gasteiger partial charge in [0.15, 0.2) is 0 Å². The van der Waals surface area contributed by atoms with Crippen molar-refractivity contribution < 1.29 is 14.6 Å². The van der Waals surface area contributed by atoms with Gasteiger partial charge in [-0.05, 0) is 18.6 Å². The Bertz CT molecular complexity index is 693. The van der Waals surface area contributed by atoms with Crippen molar-refractivity contribution >= 4 is 5.91 Å². The summed E-state index contributed by atoms with van der Waals surface area (Å²) in [6.45, 7) is 4.46. The summed E-state index contributed by atoms with van der Waals surface area (Å²) in [6, 6.07) is 15.5. The molecule has 1 aliphatic heterocycles. The molecule has 2 aromatic rings. The molecule has 4 heteroatoms. The Morgan fingerprint density at radius 3 is 2.58 bits per heavy atom. The molecule has 0 saturated carbocycles. The van der Waals surface area contributed by atoms with E-state index in [1.54, 1.807) is 6.07 Å². The van der Waals surface area contributed by atoms with Gasteiger partial charge >= 0.3 is 0 Å². The first-order valence-electron chi connectivity index (χ1n) is 8.35. The quantitative estimate of drug-likeness (QED) is 0.940. The fraction of sp³-hybridized carbons (Fsp3) is 0.350. The lowest BCUT2D eigenvalue weighted by molar-refractivity contribution is -0.135. The first kappa shape index (κ1) is 16.5. The van der Waals surface area contributed by atoms with E-state index in [0.717, 1.165) is 16.7 Å². The van der Waals surface area contributed by atoms with Gasteiger partial charge in [0.25, 0.3) is 0 Å². The molecule has 2 aromatic carbocycles. The molecule has 0 spiro atoms. The second-order valence-corrected chi connectivity index (χ2v) is 6.22. The normalized spacial score (nSPS) is 16.0. The molecule has 0 aliphatic carbocycles. The SMILES string of the molecule is Cc1ccc(O)c(C(CC(=O)N2CCOCC2)c2ccccc2)c1. The predicted octanol–water partition coefficient (Wildman–Crippen LogP) is 3.08. The monoisotopic (exact) mass is 325 g/mol. The Morgan fingerprint density at radius 2 is 1.88 bits per heavy atom. The third-order valence-corrected chi connectivity index (χ3v) is 4.50. The van der Waals surface area contributed by atoms with E-state index in [1.807, 2.05) is 54.3 Å². The van der Waals surface area contributed by atoms with Gasteiger partial charge in [0, 0.05) is 31.0 Å². The number of phenolic OH excluding ortho intramolecular Hbond substituents is 1.